The lowest BCUT2D eigenvalue weighted by Gasteiger charge is -2.13. The van der Waals surface area contributed by atoms with Crippen molar-refractivity contribution in [2.24, 2.45) is 0 Å². The van der Waals surface area contributed by atoms with Crippen LogP contribution in [0.1, 0.15) is 41.0 Å². The number of esters is 1. The van der Waals surface area contributed by atoms with Crippen molar-refractivity contribution in [1.29, 1.82) is 0 Å². The van der Waals surface area contributed by atoms with Gasteiger partial charge in [-0.2, -0.15) is 5.10 Å². The zero-order valence-corrected chi connectivity index (χ0v) is 18.9. The van der Waals surface area contributed by atoms with E-state index in [1.807, 2.05) is 23.1 Å². The fourth-order valence-electron chi connectivity index (χ4n) is 4.02. The van der Waals surface area contributed by atoms with Crippen LogP contribution < -0.4 is 10.2 Å². The van der Waals surface area contributed by atoms with E-state index in [0.717, 1.165) is 46.7 Å². The summed E-state index contributed by atoms with van der Waals surface area (Å²) >= 11 is 3.11. The molecule has 0 radical (unpaired) electrons. The van der Waals surface area contributed by atoms with E-state index in [-0.39, 0.29) is 0 Å². The number of hydrogen-bond acceptors (Lipinski definition) is 10. The number of nitrogens with zero attached hydrogens (tertiary/aromatic N) is 5. The quantitative estimate of drug-likeness (QED) is 0.420. The van der Waals surface area contributed by atoms with Gasteiger partial charge in [0, 0.05) is 29.4 Å². The van der Waals surface area contributed by atoms with Crippen molar-refractivity contribution >= 4 is 54.9 Å². The van der Waals surface area contributed by atoms with Gasteiger partial charge in [0.2, 0.25) is 0 Å². The van der Waals surface area contributed by atoms with Crippen LogP contribution in [-0.2, 0) is 11.2 Å². The minimum atomic E-state index is -0.392. The molecule has 3 aromatic heterocycles. The van der Waals surface area contributed by atoms with Gasteiger partial charge in [-0.1, -0.05) is 23.5 Å². The second-order valence-electron chi connectivity index (χ2n) is 7.84. The average molecular weight is 465 g/mol. The molecule has 2 aliphatic rings. The SMILES string of the molecule is CCOC(=O)c1csc(N2CCc3cc(C4CC4Nc4nc5ccccc5s4)nnc32)n1. The van der Waals surface area contributed by atoms with Crippen LogP contribution in [0.5, 0.6) is 0 Å². The van der Waals surface area contributed by atoms with E-state index >= 15 is 0 Å². The number of ether oxygens (including phenoxy) is 1. The predicted octanol–water partition coefficient (Wildman–Crippen LogP) is 4.38. The van der Waals surface area contributed by atoms with E-state index in [4.69, 9.17) is 4.74 Å². The van der Waals surface area contributed by atoms with Crippen LogP contribution in [0.25, 0.3) is 10.2 Å². The maximum Gasteiger partial charge on any atom is 0.357 e. The smallest absolute Gasteiger partial charge is 0.357 e. The molecule has 1 aliphatic carbocycles. The van der Waals surface area contributed by atoms with E-state index in [9.17, 15) is 4.79 Å². The van der Waals surface area contributed by atoms with Gasteiger partial charge >= 0.3 is 5.97 Å². The first-order valence-electron chi connectivity index (χ1n) is 10.6. The Morgan fingerprint density at radius 2 is 2.19 bits per heavy atom. The second-order valence-corrected chi connectivity index (χ2v) is 9.70. The Morgan fingerprint density at radius 1 is 1.28 bits per heavy atom. The molecule has 4 heterocycles. The highest BCUT2D eigenvalue weighted by Crippen LogP contribution is 2.44. The topological polar surface area (TPSA) is 93.1 Å². The Labute approximate surface area is 192 Å². The minimum absolute atomic E-state index is 0.336. The lowest BCUT2D eigenvalue weighted by Crippen LogP contribution is -2.15. The monoisotopic (exact) mass is 464 g/mol. The number of carbonyl (C=O) groups is 1. The lowest BCUT2D eigenvalue weighted by molar-refractivity contribution is 0.0520. The van der Waals surface area contributed by atoms with E-state index in [0.29, 0.717) is 24.3 Å². The van der Waals surface area contributed by atoms with Crippen molar-refractivity contribution in [3.8, 4) is 0 Å². The van der Waals surface area contributed by atoms with Crippen LogP contribution in [0.2, 0.25) is 0 Å². The molecule has 0 amide bonds. The number of para-hydroxylation sites is 1. The Hall–Kier alpha value is -3.11. The summed E-state index contributed by atoms with van der Waals surface area (Å²) in [4.78, 5) is 23.1. The van der Waals surface area contributed by atoms with Crippen LogP contribution >= 0.6 is 22.7 Å². The molecular formula is C22H20N6O2S2. The number of thiazole rings is 2. The van der Waals surface area contributed by atoms with Gasteiger partial charge in [0.05, 0.1) is 22.5 Å². The molecule has 1 saturated carbocycles. The molecule has 1 N–H and O–H groups in total. The summed E-state index contributed by atoms with van der Waals surface area (Å²) in [6, 6.07) is 10.7. The molecule has 1 aromatic carbocycles. The molecule has 0 saturated heterocycles. The number of hydrogen-bond donors (Lipinski definition) is 1. The number of benzene rings is 1. The third-order valence-corrected chi connectivity index (χ3v) is 7.54. The molecule has 32 heavy (non-hydrogen) atoms. The molecular weight excluding hydrogens is 444 g/mol. The van der Waals surface area contributed by atoms with Gasteiger partial charge in [0.1, 0.15) is 0 Å². The van der Waals surface area contributed by atoms with E-state index in [1.54, 1.807) is 23.6 Å². The summed E-state index contributed by atoms with van der Waals surface area (Å²) in [7, 11) is 0. The Kier molecular flexibility index (Phi) is 4.76. The maximum absolute atomic E-state index is 11.9. The largest absolute Gasteiger partial charge is 0.461 e. The number of carbonyl (C=O) groups excluding carboxylic acids is 1. The number of nitrogens with one attached hydrogen (secondary N) is 1. The van der Waals surface area contributed by atoms with Gasteiger partial charge in [0.15, 0.2) is 21.8 Å². The molecule has 4 aromatic rings. The highest BCUT2D eigenvalue weighted by Gasteiger charge is 2.41. The summed E-state index contributed by atoms with van der Waals surface area (Å²) in [5.74, 6) is 0.787. The summed E-state index contributed by atoms with van der Waals surface area (Å²) in [6.07, 6.45) is 1.91. The number of aromatic nitrogens is 4. The summed E-state index contributed by atoms with van der Waals surface area (Å²) in [5.41, 5.74) is 3.57. The summed E-state index contributed by atoms with van der Waals surface area (Å²) in [5, 5.41) is 16.1. The third kappa shape index (κ3) is 3.49. The molecule has 2 unspecified atom stereocenters. The first-order valence-corrected chi connectivity index (χ1v) is 12.3. The maximum atomic E-state index is 11.9. The zero-order valence-electron chi connectivity index (χ0n) is 17.3. The van der Waals surface area contributed by atoms with Crippen LogP contribution in [0.3, 0.4) is 0 Å². The fraction of sp³-hybridized carbons (Fsp3) is 0.318. The van der Waals surface area contributed by atoms with Gasteiger partial charge in [-0.15, -0.1) is 16.4 Å². The van der Waals surface area contributed by atoms with Crippen LogP contribution in [-0.4, -0.2) is 45.3 Å². The van der Waals surface area contributed by atoms with Crippen molar-refractivity contribution in [3.05, 3.63) is 52.7 Å². The fourth-order valence-corrected chi connectivity index (χ4v) is 5.77. The van der Waals surface area contributed by atoms with Crippen LogP contribution in [0.15, 0.2) is 35.7 Å². The molecule has 1 aliphatic heterocycles. The number of rotatable bonds is 6. The average Bonchev–Trinajstić information content (AvgIpc) is 3.16. The molecule has 8 nitrogen and oxygen atoms in total. The summed E-state index contributed by atoms with van der Waals surface area (Å²) in [6.45, 7) is 2.90. The van der Waals surface area contributed by atoms with Crippen molar-refractivity contribution in [3.63, 3.8) is 0 Å². The molecule has 10 heteroatoms. The number of fused-ring (bicyclic) bond motifs is 2. The van der Waals surface area contributed by atoms with Gasteiger partial charge in [-0.05, 0) is 38.0 Å². The molecule has 2 atom stereocenters. The van der Waals surface area contributed by atoms with Crippen molar-refractivity contribution in [2.75, 3.05) is 23.4 Å². The lowest BCUT2D eigenvalue weighted by atomic mass is 10.2. The van der Waals surface area contributed by atoms with Gasteiger partial charge in [0.25, 0.3) is 0 Å². The van der Waals surface area contributed by atoms with Crippen molar-refractivity contribution in [1.82, 2.24) is 20.2 Å². The van der Waals surface area contributed by atoms with Crippen molar-refractivity contribution < 1.29 is 9.53 Å². The van der Waals surface area contributed by atoms with Gasteiger partial charge in [-0.3, -0.25) is 0 Å². The Bertz CT molecular complexity index is 1290. The van der Waals surface area contributed by atoms with E-state index < -0.39 is 5.97 Å². The molecule has 0 bridgehead atoms. The Balaban J connectivity index is 1.16. The molecule has 1 fully saturated rings. The first kappa shape index (κ1) is 19.6. The second kappa shape index (κ2) is 7.79. The molecule has 6 rings (SSSR count). The van der Waals surface area contributed by atoms with Crippen molar-refractivity contribution in [2.45, 2.75) is 31.7 Å². The third-order valence-electron chi connectivity index (χ3n) is 5.71. The number of anilines is 3. The predicted molar refractivity (Wildman–Crippen MR) is 125 cm³/mol. The van der Waals surface area contributed by atoms with E-state index in [2.05, 4.69) is 37.6 Å². The highest BCUT2D eigenvalue weighted by atomic mass is 32.1. The van der Waals surface area contributed by atoms with Crippen LogP contribution in [0, 0.1) is 0 Å². The summed E-state index contributed by atoms with van der Waals surface area (Å²) < 4.78 is 6.23. The molecule has 0 spiro atoms. The van der Waals surface area contributed by atoms with E-state index in [1.165, 1.54) is 21.6 Å². The minimum Gasteiger partial charge on any atom is -0.461 e. The van der Waals surface area contributed by atoms with Crippen LogP contribution in [0.4, 0.5) is 16.1 Å². The highest BCUT2D eigenvalue weighted by molar-refractivity contribution is 7.22. The zero-order chi connectivity index (χ0) is 21.7. The molecule has 162 valence electrons. The Morgan fingerprint density at radius 3 is 3.06 bits per heavy atom. The standard InChI is InChI=1S/C22H20N6O2S2/c1-2-30-20(29)17-11-31-22(25-17)28-8-7-12-9-16(26-27-19(12)28)13-10-15(13)24-21-23-14-5-3-4-6-18(14)32-21/h3-6,9,11,13,15H,2,7-8,10H2,1H3,(H,23,24). The van der Waals surface area contributed by atoms with Gasteiger partial charge < -0.3 is 15.0 Å². The normalized spacial score (nSPS) is 19.2. The van der Waals surface area contributed by atoms with Gasteiger partial charge in [-0.25, -0.2) is 14.8 Å². The first-order chi connectivity index (χ1) is 15.7.